The lowest BCUT2D eigenvalue weighted by Gasteiger charge is -2.50. The molecule has 4 aliphatic rings. The highest BCUT2D eigenvalue weighted by molar-refractivity contribution is 5.40. The van der Waals surface area contributed by atoms with E-state index in [1.165, 1.54) is 12.0 Å². The number of allylic oxidation sites excluding steroid dienone is 3. The van der Waals surface area contributed by atoms with E-state index in [1.54, 1.807) is 0 Å². The average molecular weight is 302 g/mol. The third-order valence-corrected chi connectivity index (χ3v) is 7.34. The van der Waals surface area contributed by atoms with Crippen LogP contribution in [0.4, 0.5) is 0 Å². The van der Waals surface area contributed by atoms with Crippen LogP contribution in [0.3, 0.4) is 0 Å². The van der Waals surface area contributed by atoms with Crippen LogP contribution < -0.4 is 0 Å². The zero-order valence-corrected chi connectivity index (χ0v) is 14.4. The number of rotatable bonds is 4. The highest BCUT2D eigenvalue weighted by Gasteiger charge is 2.83. The minimum Gasteiger partial charge on any atom is -0.393 e. The van der Waals surface area contributed by atoms with Gasteiger partial charge in [0.2, 0.25) is 0 Å². The fraction of sp³-hybridized carbons (Fsp3) is 0.800. The fourth-order valence-corrected chi connectivity index (χ4v) is 6.41. The molecule has 3 aliphatic carbocycles. The molecule has 0 bridgehead atoms. The van der Waals surface area contributed by atoms with Gasteiger partial charge in [0.1, 0.15) is 0 Å². The van der Waals surface area contributed by atoms with Crippen molar-refractivity contribution in [2.45, 2.75) is 59.2 Å². The standard InChI is InChI=1S/C20H30O2/c1-12(2)6-5-7-13(3)17-15-11-22-18-14-8-9-19(4,10-16(17)21)20(14,15)18/h6,8-9,13-18,21H,5,7,10-11H2,1-4H3/t13-,14+,15+,16-,17+,18+,19+,20-/m1/s1. The van der Waals surface area contributed by atoms with Gasteiger partial charge in [0.25, 0.3) is 0 Å². The molecule has 0 unspecified atom stereocenters. The van der Waals surface area contributed by atoms with Gasteiger partial charge in [-0.3, -0.25) is 0 Å². The van der Waals surface area contributed by atoms with Crippen molar-refractivity contribution in [3.63, 3.8) is 0 Å². The Morgan fingerprint density at radius 2 is 2.23 bits per heavy atom. The fourth-order valence-electron chi connectivity index (χ4n) is 6.41. The second-order valence-electron chi connectivity index (χ2n) is 8.78. The van der Waals surface area contributed by atoms with E-state index >= 15 is 0 Å². The van der Waals surface area contributed by atoms with Gasteiger partial charge in [-0.25, -0.2) is 0 Å². The van der Waals surface area contributed by atoms with E-state index in [-0.39, 0.29) is 11.5 Å². The summed E-state index contributed by atoms with van der Waals surface area (Å²) in [5.74, 6) is 2.16. The molecule has 2 heteroatoms. The molecule has 8 atom stereocenters. The molecule has 4 rings (SSSR count). The van der Waals surface area contributed by atoms with E-state index in [9.17, 15) is 5.11 Å². The smallest absolute Gasteiger partial charge is 0.0719 e. The van der Waals surface area contributed by atoms with Crippen LogP contribution in [-0.4, -0.2) is 23.9 Å². The first-order valence-electron chi connectivity index (χ1n) is 9.04. The first-order chi connectivity index (χ1) is 10.4. The highest BCUT2D eigenvalue weighted by Crippen LogP contribution is 2.80. The van der Waals surface area contributed by atoms with E-state index in [2.05, 4.69) is 45.9 Å². The number of aliphatic hydroxyl groups excluding tert-OH is 1. The third-order valence-electron chi connectivity index (χ3n) is 7.34. The molecule has 1 N–H and O–H groups in total. The molecule has 1 heterocycles. The van der Waals surface area contributed by atoms with Crippen molar-refractivity contribution in [1.29, 1.82) is 0 Å². The van der Waals surface area contributed by atoms with E-state index in [1.807, 2.05) is 0 Å². The van der Waals surface area contributed by atoms with Crippen LogP contribution >= 0.6 is 0 Å². The summed E-state index contributed by atoms with van der Waals surface area (Å²) >= 11 is 0. The molecular formula is C20H30O2. The van der Waals surface area contributed by atoms with Gasteiger partial charge in [-0.1, -0.05) is 37.6 Å². The molecule has 1 aliphatic heterocycles. The second kappa shape index (κ2) is 4.70. The van der Waals surface area contributed by atoms with Crippen molar-refractivity contribution in [1.82, 2.24) is 0 Å². The highest BCUT2D eigenvalue weighted by atomic mass is 16.5. The first kappa shape index (κ1) is 15.0. The van der Waals surface area contributed by atoms with E-state index in [4.69, 9.17) is 4.74 Å². The van der Waals surface area contributed by atoms with Gasteiger partial charge >= 0.3 is 0 Å². The molecular weight excluding hydrogens is 272 g/mol. The van der Waals surface area contributed by atoms with Crippen molar-refractivity contribution in [2.75, 3.05) is 6.61 Å². The molecule has 2 saturated carbocycles. The Hall–Kier alpha value is -0.600. The van der Waals surface area contributed by atoms with Gasteiger partial charge in [-0.2, -0.15) is 0 Å². The van der Waals surface area contributed by atoms with Crippen molar-refractivity contribution in [2.24, 2.45) is 34.5 Å². The Kier molecular flexibility index (Phi) is 3.20. The summed E-state index contributed by atoms with van der Waals surface area (Å²) in [6, 6.07) is 0. The average Bonchev–Trinajstić information content (AvgIpc) is 2.71. The molecule has 22 heavy (non-hydrogen) atoms. The molecule has 0 radical (unpaired) electrons. The van der Waals surface area contributed by atoms with Crippen LogP contribution in [0.5, 0.6) is 0 Å². The molecule has 3 fully saturated rings. The largest absolute Gasteiger partial charge is 0.393 e. The molecule has 122 valence electrons. The first-order valence-corrected chi connectivity index (χ1v) is 9.04. The van der Waals surface area contributed by atoms with E-state index in [0.29, 0.717) is 35.2 Å². The maximum Gasteiger partial charge on any atom is 0.0719 e. The summed E-state index contributed by atoms with van der Waals surface area (Å²) in [6.45, 7) is 9.91. The number of hydrogen-bond donors (Lipinski definition) is 1. The Bertz CT molecular complexity index is 532. The van der Waals surface area contributed by atoms with Crippen molar-refractivity contribution < 1.29 is 9.84 Å². The number of aliphatic hydroxyl groups is 1. The molecule has 0 aromatic rings. The molecule has 0 amide bonds. The van der Waals surface area contributed by atoms with Crippen molar-refractivity contribution in [3.05, 3.63) is 23.8 Å². The van der Waals surface area contributed by atoms with E-state index in [0.717, 1.165) is 19.4 Å². The van der Waals surface area contributed by atoms with Gasteiger partial charge in [0, 0.05) is 11.3 Å². The maximum absolute atomic E-state index is 10.9. The van der Waals surface area contributed by atoms with Gasteiger partial charge in [0.15, 0.2) is 0 Å². The second-order valence-corrected chi connectivity index (χ2v) is 8.78. The Morgan fingerprint density at radius 3 is 2.91 bits per heavy atom. The summed E-state index contributed by atoms with van der Waals surface area (Å²) in [7, 11) is 0. The van der Waals surface area contributed by atoms with Gasteiger partial charge in [0.05, 0.1) is 18.8 Å². The van der Waals surface area contributed by atoms with Crippen molar-refractivity contribution in [3.8, 4) is 0 Å². The summed E-state index contributed by atoms with van der Waals surface area (Å²) in [4.78, 5) is 0. The molecule has 1 saturated heterocycles. The Morgan fingerprint density at radius 1 is 1.45 bits per heavy atom. The molecule has 0 aromatic heterocycles. The van der Waals surface area contributed by atoms with Crippen LogP contribution in [0.25, 0.3) is 0 Å². The van der Waals surface area contributed by atoms with Crippen LogP contribution in [0.2, 0.25) is 0 Å². The normalized spacial score (nSPS) is 52.1. The topological polar surface area (TPSA) is 29.5 Å². The van der Waals surface area contributed by atoms with Crippen LogP contribution in [0.1, 0.15) is 47.0 Å². The minimum atomic E-state index is -0.173. The van der Waals surface area contributed by atoms with Crippen molar-refractivity contribution >= 4 is 0 Å². The minimum absolute atomic E-state index is 0.166. The molecule has 2 nitrogen and oxygen atoms in total. The van der Waals surface area contributed by atoms with Gasteiger partial charge in [-0.05, 0) is 56.3 Å². The zero-order valence-electron chi connectivity index (χ0n) is 14.4. The molecule has 1 spiro atoms. The Balaban J connectivity index is 1.56. The lowest BCUT2D eigenvalue weighted by atomic mass is 9.54. The quantitative estimate of drug-likeness (QED) is 0.797. The van der Waals surface area contributed by atoms with Crippen LogP contribution in [-0.2, 0) is 4.74 Å². The van der Waals surface area contributed by atoms with E-state index < -0.39 is 0 Å². The number of ether oxygens (including phenoxy) is 1. The lowest BCUT2D eigenvalue weighted by molar-refractivity contribution is -0.0807. The van der Waals surface area contributed by atoms with Gasteiger partial charge in [-0.15, -0.1) is 0 Å². The summed E-state index contributed by atoms with van der Waals surface area (Å²) in [5, 5.41) is 10.9. The lowest BCUT2D eigenvalue weighted by Crippen LogP contribution is -2.51. The monoisotopic (exact) mass is 302 g/mol. The predicted molar refractivity (Wildman–Crippen MR) is 88.3 cm³/mol. The predicted octanol–water partition coefficient (Wildman–Crippen LogP) is 3.96. The van der Waals surface area contributed by atoms with Crippen LogP contribution in [0, 0.1) is 34.5 Å². The Labute approximate surface area is 134 Å². The maximum atomic E-state index is 10.9. The number of fused-ring (bicyclic) bond motifs is 1. The summed E-state index contributed by atoms with van der Waals surface area (Å²) in [6.07, 6.45) is 10.6. The van der Waals surface area contributed by atoms with Gasteiger partial charge < -0.3 is 9.84 Å². The SMILES string of the molecule is CC(C)=CCC[C@@H](C)[C@@H]1[C@H](O)C[C@]2(C)C=C[C@H]3[C@@H]4OC[C@@H]1[C@]342. The summed E-state index contributed by atoms with van der Waals surface area (Å²) < 4.78 is 6.16. The molecule has 0 aromatic carbocycles. The zero-order chi connectivity index (χ0) is 15.7. The summed E-state index contributed by atoms with van der Waals surface area (Å²) in [5.41, 5.74) is 1.90. The number of hydrogen-bond acceptors (Lipinski definition) is 2. The van der Waals surface area contributed by atoms with Crippen LogP contribution in [0.15, 0.2) is 23.8 Å². The third kappa shape index (κ3) is 1.69.